The Kier molecular flexibility index (Phi) is 8.43. The van der Waals surface area contributed by atoms with Crippen LogP contribution in [0.5, 0.6) is 11.5 Å². The van der Waals surface area contributed by atoms with E-state index in [2.05, 4.69) is 14.9 Å². The van der Waals surface area contributed by atoms with E-state index in [4.69, 9.17) is 9.47 Å². The molecule has 9 nitrogen and oxygen atoms in total. The van der Waals surface area contributed by atoms with E-state index >= 15 is 0 Å². The van der Waals surface area contributed by atoms with Crippen molar-refractivity contribution in [2.24, 2.45) is 5.92 Å². The third-order valence-electron chi connectivity index (χ3n) is 6.63. The predicted molar refractivity (Wildman–Crippen MR) is 141 cm³/mol. The lowest BCUT2D eigenvalue weighted by molar-refractivity contribution is 0.0733. The molecule has 0 fully saturated rings. The van der Waals surface area contributed by atoms with Crippen molar-refractivity contribution in [1.29, 1.82) is 0 Å². The largest absolute Gasteiger partial charge is 0.497 e. The number of aliphatic hydroxyl groups excluding tert-OH is 1. The highest BCUT2D eigenvalue weighted by Crippen LogP contribution is 2.37. The molecule has 4 rings (SSSR count). The molecular formula is C27H34N4O5S. The van der Waals surface area contributed by atoms with Crippen molar-refractivity contribution in [3.63, 3.8) is 0 Å². The zero-order chi connectivity index (χ0) is 26.6. The van der Waals surface area contributed by atoms with Crippen LogP contribution in [0.4, 0.5) is 0 Å². The van der Waals surface area contributed by atoms with Gasteiger partial charge >= 0.3 is 0 Å². The number of ether oxygens (including phenoxy) is 2. The Bertz CT molecular complexity index is 1310. The number of aliphatic hydroxyl groups is 1. The summed E-state index contributed by atoms with van der Waals surface area (Å²) in [5, 5.41) is 9.86. The number of benzene rings is 2. The summed E-state index contributed by atoms with van der Waals surface area (Å²) in [7, 11) is -0.312. The number of hydrogen-bond acceptors (Lipinski definition) is 8. The summed E-state index contributed by atoms with van der Waals surface area (Å²) >= 11 is 0. The van der Waals surface area contributed by atoms with E-state index in [1.807, 2.05) is 38.2 Å². The Balaban J connectivity index is 1.73. The van der Waals surface area contributed by atoms with Crippen LogP contribution in [0, 0.1) is 5.92 Å². The predicted octanol–water partition coefficient (Wildman–Crippen LogP) is 3.05. The second-order valence-corrected chi connectivity index (χ2v) is 11.4. The Hall–Kier alpha value is -3.05. The highest BCUT2D eigenvalue weighted by Gasteiger charge is 2.38. The monoisotopic (exact) mass is 526 g/mol. The Morgan fingerprint density at radius 1 is 1.19 bits per heavy atom. The fourth-order valence-electron chi connectivity index (χ4n) is 4.52. The number of aromatic nitrogens is 2. The van der Waals surface area contributed by atoms with Crippen LogP contribution in [0.2, 0.25) is 0 Å². The molecule has 2 aromatic carbocycles. The van der Waals surface area contributed by atoms with Gasteiger partial charge in [0.1, 0.15) is 28.8 Å². The van der Waals surface area contributed by atoms with Crippen molar-refractivity contribution in [2.75, 3.05) is 33.9 Å². The lowest BCUT2D eigenvalue weighted by Crippen LogP contribution is -2.49. The van der Waals surface area contributed by atoms with Gasteiger partial charge in [-0.1, -0.05) is 25.1 Å². The van der Waals surface area contributed by atoms with E-state index in [1.165, 1.54) is 10.6 Å². The van der Waals surface area contributed by atoms with E-state index in [1.54, 1.807) is 44.6 Å². The number of rotatable bonds is 8. The summed E-state index contributed by atoms with van der Waals surface area (Å²) in [5.74, 6) is 0.856. The molecule has 0 saturated carbocycles. The molecular weight excluding hydrogens is 492 g/mol. The number of sulfonamides is 1. The topological polar surface area (TPSA) is 105 Å². The summed E-state index contributed by atoms with van der Waals surface area (Å²) in [6.07, 6.45) is 4.74. The van der Waals surface area contributed by atoms with Crippen LogP contribution in [-0.4, -0.2) is 78.7 Å². The highest BCUT2D eigenvalue weighted by molar-refractivity contribution is 7.89. The van der Waals surface area contributed by atoms with Crippen molar-refractivity contribution in [2.45, 2.75) is 37.4 Å². The molecule has 198 valence electrons. The van der Waals surface area contributed by atoms with E-state index in [0.717, 1.165) is 16.7 Å². The average Bonchev–Trinajstić information content (AvgIpc) is 2.90. The number of methoxy groups -OCH3 is 1. The maximum Gasteiger partial charge on any atom is 0.247 e. The van der Waals surface area contributed by atoms with Crippen molar-refractivity contribution in [3.8, 4) is 22.6 Å². The van der Waals surface area contributed by atoms with Crippen molar-refractivity contribution in [3.05, 3.63) is 66.7 Å². The Morgan fingerprint density at radius 2 is 1.92 bits per heavy atom. The number of nitrogens with zero attached hydrogens (tertiary/aromatic N) is 4. The molecule has 37 heavy (non-hydrogen) atoms. The minimum absolute atomic E-state index is 0.0930. The third kappa shape index (κ3) is 6.10. The zero-order valence-corrected chi connectivity index (χ0v) is 22.4. The maximum absolute atomic E-state index is 13.7. The quantitative estimate of drug-likeness (QED) is 0.478. The third-order valence-corrected chi connectivity index (χ3v) is 8.65. The number of fused-ring (bicyclic) bond motifs is 1. The van der Waals surface area contributed by atoms with Gasteiger partial charge in [0, 0.05) is 49.6 Å². The van der Waals surface area contributed by atoms with Gasteiger partial charge in [0.15, 0.2) is 0 Å². The molecule has 1 N–H and O–H groups in total. The molecule has 3 atom stereocenters. The standard InChI is InChI=1S/C27H34N4O5S/c1-19-14-31(20(2)17-32)37(33,34)27-9-8-23(22-6-5-7-24(10-22)35-4)11-25(27)36-26(19)16-30(3)15-21-12-28-18-29-13-21/h5-13,18-20,26,32H,14-17H2,1-4H3/t19-,20-,26+/m0/s1. The van der Waals surface area contributed by atoms with Gasteiger partial charge in [-0.05, 0) is 49.4 Å². The first-order chi connectivity index (χ1) is 17.7. The zero-order valence-electron chi connectivity index (χ0n) is 21.6. The van der Waals surface area contributed by atoms with Crippen LogP contribution in [-0.2, 0) is 16.6 Å². The fraction of sp³-hybridized carbons (Fsp3) is 0.407. The average molecular weight is 527 g/mol. The molecule has 0 radical (unpaired) electrons. The van der Waals surface area contributed by atoms with Gasteiger partial charge in [-0.15, -0.1) is 0 Å². The first kappa shape index (κ1) is 27.0. The molecule has 10 heteroatoms. The molecule has 0 unspecified atom stereocenters. The summed E-state index contributed by atoms with van der Waals surface area (Å²) in [5.41, 5.74) is 2.68. The molecule has 0 bridgehead atoms. The van der Waals surface area contributed by atoms with Crippen LogP contribution in [0.1, 0.15) is 19.4 Å². The number of likely N-dealkylation sites (N-methyl/N-ethyl adjacent to an activating group) is 1. The smallest absolute Gasteiger partial charge is 0.247 e. The van der Waals surface area contributed by atoms with Gasteiger partial charge < -0.3 is 14.6 Å². The molecule has 0 spiro atoms. The molecule has 1 aliphatic heterocycles. The van der Waals surface area contributed by atoms with Crippen LogP contribution in [0.15, 0.2) is 66.1 Å². The molecule has 1 aromatic heterocycles. The van der Waals surface area contributed by atoms with Crippen LogP contribution in [0.3, 0.4) is 0 Å². The van der Waals surface area contributed by atoms with E-state index in [-0.39, 0.29) is 30.1 Å². The highest BCUT2D eigenvalue weighted by atomic mass is 32.2. The lowest BCUT2D eigenvalue weighted by Gasteiger charge is -2.37. The van der Waals surface area contributed by atoms with E-state index < -0.39 is 16.1 Å². The van der Waals surface area contributed by atoms with Gasteiger partial charge in [0.2, 0.25) is 10.0 Å². The van der Waals surface area contributed by atoms with Gasteiger partial charge in [-0.2, -0.15) is 4.31 Å². The van der Waals surface area contributed by atoms with E-state index in [9.17, 15) is 13.5 Å². The molecule has 3 aromatic rings. The SMILES string of the molecule is COc1cccc(-c2ccc3c(c2)O[C@H](CN(C)Cc2cncnc2)[C@@H](C)CN([C@@H](C)CO)S3(=O)=O)c1. The normalized spacial score (nSPS) is 20.4. The van der Waals surface area contributed by atoms with Crippen LogP contribution < -0.4 is 9.47 Å². The van der Waals surface area contributed by atoms with Crippen molar-refractivity contribution < 1.29 is 23.0 Å². The van der Waals surface area contributed by atoms with Gasteiger partial charge in [-0.25, -0.2) is 18.4 Å². The van der Waals surface area contributed by atoms with Crippen LogP contribution >= 0.6 is 0 Å². The van der Waals surface area contributed by atoms with E-state index in [0.29, 0.717) is 24.6 Å². The van der Waals surface area contributed by atoms with Gasteiger partial charge in [0.25, 0.3) is 0 Å². The molecule has 0 aliphatic carbocycles. The molecule has 0 saturated heterocycles. The minimum Gasteiger partial charge on any atom is -0.497 e. The first-order valence-electron chi connectivity index (χ1n) is 12.2. The Labute approximate surface area is 218 Å². The Morgan fingerprint density at radius 3 is 2.62 bits per heavy atom. The summed E-state index contributed by atoms with van der Waals surface area (Å²) in [6, 6.07) is 12.2. The molecule has 2 heterocycles. The van der Waals surface area contributed by atoms with Crippen molar-refractivity contribution in [1.82, 2.24) is 19.2 Å². The fourth-order valence-corrected chi connectivity index (χ4v) is 6.35. The summed E-state index contributed by atoms with van der Waals surface area (Å²) in [6.45, 7) is 4.83. The lowest BCUT2D eigenvalue weighted by atomic mass is 10.0. The summed E-state index contributed by atoms with van der Waals surface area (Å²) in [4.78, 5) is 10.4. The number of hydrogen-bond donors (Lipinski definition) is 1. The summed E-state index contributed by atoms with van der Waals surface area (Å²) < 4.78 is 40.7. The molecule has 1 aliphatic rings. The van der Waals surface area contributed by atoms with Crippen LogP contribution in [0.25, 0.3) is 11.1 Å². The van der Waals surface area contributed by atoms with Gasteiger partial charge in [0.05, 0.1) is 13.7 Å². The van der Waals surface area contributed by atoms with Gasteiger partial charge in [-0.3, -0.25) is 4.90 Å². The molecule has 0 amide bonds. The first-order valence-corrected chi connectivity index (χ1v) is 13.7. The second kappa shape index (κ2) is 11.6. The maximum atomic E-state index is 13.7. The minimum atomic E-state index is -3.91. The van der Waals surface area contributed by atoms with Crippen molar-refractivity contribution >= 4 is 10.0 Å². The second-order valence-electron chi connectivity index (χ2n) is 9.58.